The molecule has 1 atom stereocenters. The molecule has 0 aliphatic carbocycles. The third-order valence-corrected chi connectivity index (χ3v) is 2.53. The van der Waals surface area contributed by atoms with Gasteiger partial charge in [-0.1, -0.05) is 23.2 Å². The van der Waals surface area contributed by atoms with Crippen molar-refractivity contribution in [3.8, 4) is 6.07 Å². The van der Waals surface area contributed by atoms with Crippen molar-refractivity contribution in [3.63, 3.8) is 0 Å². The van der Waals surface area contributed by atoms with Crippen LogP contribution in [0.5, 0.6) is 0 Å². The molecule has 0 heterocycles. The second kappa shape index (κ2) is 5.67. The second-order valence-electron chi connectivity index (χ2n) is 3.29. The molecule has 88 valence electrons. The molecule has 0 bridgehead atoms. The zero-order valence-electron chi connectivity index (χ0n) is 8.83. The van der Waals surface area contributed by atoms with Crippen LogP contribution in [-0.4, -0.2) is 11.7 Å². The average molecular weight is 271 g/mol. The predicted octanol–water partition coefficient (Wildman–Crippen LogP) is 2.66. The van der Waals surface area contributed by atoms with Gasteiger partial charge in [0.1, 0.15) is 0 Å². The van der Waals surface area contributed by atoms with Gasteiger partial charge >= 0.3 is 0 Å². The Labute approximate surface area is 108 Å². The Kier molecular flexibility index (Phi) is 4.50. The highest BCUT2D eigenvalue weighted by atomic mass is 35.5. The lowest BCUT2D eigenvalue weighted by atomic mass is 10.1. The summed E-state index contributed by atoms with van der Waals surface area (Å²) in [5, 5.41) is 11.7. The van der Waals surface area contributed by atoms with Gasteiger partial charge in [0.15, 0.2) is 11.7 Å². The van der Waals surface area contributed by atoms with E-state index in [1.54, 1.807) is 6.07 Å². The molecule has 4 nitrogen and oxygen atoms in total. The number of hydrogen-bond donors (Lipinski definition) is 1. The van der Waals surface area contributed by atoms with E-state index in [2.05, 4.69) is 5.32 Å². The van der Waals surface area contributed by atoms with Crippen molar-refractivity contribution in [2.45, 2.75) is 6.92 Å². The van der Waals surface area contributed by atoms with Crippen molar-refractivity contribution in [3.05, 3.63) is 28.2 Å². The second-order valence-corrected chi connectivity index (χ2v) is 4.13. The minimum absolute atomic E-state index is 0.242. The van der Waals surface area contributed by atoms with Gasteiger partial charge in [0.05, 0.1) is 16.8 Å². The smallest absolute Gasteiger partial charge is 0.249 e. The van der Waals surface area contributed by atoms with Gasteiger partial charge < -0.3 is 5.32 Å². The highest BCUT2D eigenvalue weighted by Gasteiger charge is 2.23. The van der Waals surface area contributed by atoms with E-state index < -0.39 is 17.6 Å². The van der Waals surface area contributed by atoms with Crippen molar-refractivity contribution >= 4 is 40.6 Å². The molecule has 0 aliphatic rings. The summed E-state index contributed by atoms with van der Waals surface area (Å²) in [7, 11) is 0. The summed E-state index contributed by atoms with van der Waals surface area (Å²) >= 11 is 11.5. The molecule has 0 saturated heterocycles. The van der Waals surface area contributed by atoms with Crippen LogP contribution in [0.25, 0.3) is 0 Å². The van der Waals surface area contributed by atoms with Crippen molar-refractivity contribution in [2.24, 2.45) is 5.92 Å². The number of hydrogen-bond acceptors (Lipinski definition) is 3. The van der Waals surface area contributed by atoms with E-state index in [9.17, 15) is 9.59 Å². The summed E-state index contributed by atoms with van der Waals surface area (Å²) in [4.78, 5) is 22.6. The molecule has 1 amide bonds. The van der Waals surface area contributed by atoms with Gasteiger partial charge in [-0.25, -0.2) is 0 Å². The average Bonchev–Trinajstić information content (AvgIpc) is 2.22. The van der Waals surface area contributed by atoms with Crippen LogP contribution in [0, 0.1) is 17.2 Å². The molecule has 1 N–H and O–H groups in total. The number of nitrogens with one attached hydrogen (secondary N) is 1. The number of carbonyl (C=O) groups excluding carboxylic acids is 2. The van der Waals surface area contributed by atoms with Crippen LogP contribution in [-0.2, 0) is 9.59 Å². The first kappa shape index (κ1) is 13.5. The quantitative estimate of drug-likeness (QED) is 0.859. The van der Waals surface area contributed by atoms with Crippen molar-refractivity contribution in [1.29, 1.82) is 5.26 Å². The number of nitriles is 1. The zero-order valence-corrected chi connectivity index (χ0v) is 10.3. The Hall–Kier alpha value is -1.57. The fourth-order valence-electron chi connectivity index (χ4n) is 1.13. The van der Waals surface area contributed by atoms with E-state index in [0.29, 0.717) is 10.7 Å². The molecule has 1 aromatic rings. The van der Waals surface area contributed by atoms with Gasteiger partial charge in [-0.05, 0) is 25.1 Å². The molecule has 0 saturated carbocycles. The van der Waals surface area contributed by atoms with Gasteiger partial charge in [0, 0.05) is 5.02 Å². The molecule has 1 rings (SSSR count). The maximum Gasteiger partial charge on any atom is 0.249 e. The number of anilines is 1. The van der Waals surface area contributed by atoms with Crippen molar-refractivity contribution in [2.75, 3.05) is 5.32 Å². The van der Waals surface area contributed by atoms with E-state index in [1.807, 2.05) is 0 Å². The number of rotatable bonds is 3. The van der Waals surface area contributed by atoms with E-state index >= 15 is 0 Å². The number of amides is 1. The number of nitrogens with zero attached hydrogens (tertiary/aromatic N) is 1. The Morgan fingerprint density at radius 1 is 1.41 bits per heavy atom. The minimum atomic E-state index is -1.33. The molecular formula is C11H8Cl2N2O2. The van der Waals surface area contributed by atoms with Crippen LogP contribution < -0.4 is 5.32 Å². The summed E-state index contributed by atoms with van der Waals surface area (Å²) in [5.74, 6) is -2.55. The number of benzene rings is 1. The molecule has 1 unspecified atom stereocenters. The summed E-state index contributed by atoms with van der Waals surface area (Å²) in [5.41, 5.74) is 0.308. The summed E-state index contributed by atoms with van der Waals surface area (Å²) in [6.07, 6.45) is 0. The first-order chi connectivity index (χ1) is 7.95. The molecule has 6 heteroatoms. The highest BCUT2D eigenvalue weighted by Crippen LogP contribution is 2.25. The fourth-order valence-corrected chi connectivity index (χ4v) is 1.59. The van der Waals surface area contributed by atoms with Crippen molar-refractivity contribution < 1.29 is 9.59 Å². The van der Waals surface area contributed by atoms with Gasteiger partial charge in [0.25, 0.3) is 0 Å². The van der Waals surface area contributed by atoms with Gasteiger partial charge in [0.2, 0.25) is 5.91 Å². The molecule has 0 spiro atoms. The lowest BCUT2D eigenvalue weighted by molar-refractivity contribution is -0.127. The third-order valence-electron chi connectivity index (χ3n) is 1.99. The monoisotopic (exact) mass is 270 g/mol. The SMILES string of the molecule is CC(=O)C(C#N)C(=O)Nc1ccc(Cl)cc1Cl. The summed E-state index contributed by atoms with van der Waals surface area (Å²) in [6, 6.07) is 6.11. The first-order valence-corrected chi connectivity index (χ1v) is 5.37. The van der Waals surface area contributed by atoms with Gasteiger partial charge in [-0.2, -0.15) is 5.26 Å². The van der Waals surface area contributed by atoms with Crippen LogP contribution in [0.15, 0.2) is 18.2 Å². The van der Waals surface area contributed by atoms with E-state index in [-0.39, 0.29) is 5.02 Å². The summed E-state index contributed by atoms with van der Waals surface area (Å²) < 4.78 is 0. The molecule has 0 radical (unpaired) electrons. The largest absolute Gasteiger partial charge is 0.323 e. The van der Waals surface area contributed by atoms with Crippen LogP contribution in [0.1, 0.15) is 6.92 Å². The van der Waals surface area contributed by atoms with Crippen LogP contribution in [0.2, 0.25) is 10.0 Å². The van der Waals surface area contributed by atoms with E-state index in [0.717, 1.165) is 0 Å². The Morgan fingerprint density at radius 2 is 2.06 bits per heavy atom. The predicted molar refractivity (Wildman–Crippen MR) is 64.9 cm³/mol. The Bertz CT molecular complexity index is 509. The van der Waals surface area contributed by atoms with Gasteiger partial charge in [-0.15, -0.1) is 0 Å². The molecular weight excluding hydrogens is 263 g/mol. The number of carbonyl (C=O) groups is 2. The fraction of sp³-hybridized carbons (Fsp3) is 0.182. The maximum atomic E-state index is 11.6. The topological polar surface area (TPSA) is 70.0 Å². The minimum Gasteiger partial charge on any atom is -0.323 e. The number of Topliss-reactive ketones (excluding diaryl/α,β-unsaturated/α-hetero) is 1. The third kappa shape index (κ3) is 3.45. The Balaban J connectivity index is 2.88. The first-order valence-electron chi connectivity index (χ1n) is 4.61. The highest BCUT2D eigenvalue weighted by molar-refractivity contribution is 6.36. The summed E-state index contributed by atoms with van der Waals surface area (Å²) in [6.45, 7) is 1.18. The zero-order chi connectivity index (χ0) is 13.0. The van der Waals surface area contributed by atoms with Crippen LogP contribution in [0.4, 0.5) is 5.69 Å². The Morgan fingerprint density at radius 3 is 2.53 bits per heavy atom. The lowest BCUT2D eigenvalue weighted by Gasteiger charge is -2.09. The number of halogens is 2. The molecule has 0 fully saturated rings. The van der Waals surface area contributed by atoms with E-state index in [1.165, 1.54) is 25.1 Å². The lowest BCUT2D eigenvalue weighted by Crippen LogP contribution is -2.27. The molecule has 0 aliphatic heterocycles. The maximum absolute atomic E-state index is 11.6. The van der Waals surface area contributed by atoms with E-state index in [4.69, 9.17) is 28.5 Å². The van der Waals surface area contributed by atoms with Crippen LogP contribution >= 0.6 is 23.2 Å². The normalized spacial score (nSPS) is 11.4. The van der Waals surface area contributed by atoms with Crippen molar-refractivity contribution in [1.82, 2.24) is 0 Å². The molecule has 1 aromatic carbocycles. The standard InChI is InChI=1S/C11H8Cl2N2O2/c1-6(16)8(5-14)11(17)15-10-3-2-7(12)4-9(10)13/h2-4,8H,1H3,(H,15,17). The molecule has 17 heavy (non-hydrogen) atoms. The van der Waals surface area contributed by atoms with Crippen LogP contribution in [0.3, 0.4) is 0 Å². The molecule has 0 aromatic heterocycles. The van der Waals surface area contributed by atoms with Gasteiger partial charge in [-0.3, -0.25) is 9.59 Å². The number of ketones is 1.